The monoisotopic (exact) mass is 388 g/mol. The summed E-state index contributed by atoms with van der Waals surface area (Å²) in [6.45, 7) is 3.54. The lowest BCUT2D eigenvalue weighted by Crippen LogP contribution is -2.47. The molecular weight excluding hydrogens is 372 g/mol. The van der Waals surface area contributed by atoms with Crippen LogP contribution in [0.2, 0.25) is 5.02 Å². The highest BCUT2D eigenvalue weighted by atomic mass is 35.5. The number of thiophene rings is 1. The van der Waals surface area contributed by atoms with Crippen LogP contribution < -0.4 is 15.6 Å². The Morgan fingerprint density at radius 2 is 1.88 bits per heavy atom. The maximum atomic E-state index is 12.3. The van der Waals surface area contributed by atoms with Gasteiger partial charge in [0.2, 0.25) is 0 Å². The summed E-state index contributed by atoms with van der Waals surface area (Å²) in [6, 6.07) is 14.9. The molecule has 0 aliphatic carbocycles. The van der Waals surface area contributed by atoms with E-state index < -0.39 is 17.9 Å². The predicted molar refractivity (Wildman–Crippen MR) is 104 cm³/mol. The molecule has 2 amide bonds. The van der Waals surface area contributed by atoms with Gasteiger partial charge < -0.3 is 4.74 Å². The number of hydrogen-bond donors (Lipinski definition) is 2. The van der Waals surface area contributed by atoms with Crippen LogP contribution in [0.4, 0.5) is 0 Å². The minimum atomic E-state index is -0.769. The molecular formula is C19H17ClN2O3S. The van der Waals surface area contributed by atoms with Crippen LogP contribution in [-0.2, 0) is 4.79 Å². The summed E-state index contributed by atoms with van der Waals surface area (Å²) in [4.78, 5) is 24.8. The summed E-state index contributed by atoms with van der Waals surface area (Å²) >= 11 is 7.53. The van der Waals surface area contributed by atoms with Crippen LogP contribution in [0.5, 0.6) is 5.75 Å². The number of amides is 2. The highest BCUT2D eigenvalue weighted by Gasteiger charge is 2.19. The number of hydrazine groups is 1. The fourth-order valence-electron chi connectivity index (χ4n) is 2.38. The van der Waals surface area contributed by atoms with E-state index in [-0.39, 0.29) is 0 Å². The van der Waals surface area contributed by atoms with Crippen molar-refractivity contribution in [2.75, 3.05) is 0 Å². The van der Waals surface area contributed by atoms with Gasteiger partial charge in [-0.2, -0.15) is 0 Å². The summed E-state index contributed by atoms with van der Waals surface area (Å²) in [5, 5.41) is 1.19. The lowest BCUT2D eigenvalue weighted by molar-refractivity contribution is -0.128. The Hall–Kier alpha value is -2.57. The molecule has 0 saturated heterocycles. The molecule has 2 N–H and O–H groups in total. The largest absolute Gasteiger partial charge is 0.481 e. The zero-order valence-corrected chi connectivity index (χ0v) is 15.8. The number of benzene rings is 2. The van der Waals surface area contributed by atoms with E-state index in [4.69, 9.17) is 16.3 Å². The van der Waals surface area contributed by atoms with Gasteiger partial charge in [-0.1, -0.05) is 41.9 Å². The van der Waals surface area contributed by atoms with Gasteiger partial charge in [-0.25, -0.2) is 0 Å². The summed E-state index contributed by atoms with van der Waals surface area (Å²) < 4.78 is 6.49. The predicted octanol–water partition coefficient (Wildman–Crippen LogP) is 4.09. The van der Waals surface area contributed by atoms with Crippen molar-refractivity contribution >= 4 is 44.8 Å². The van der Waals surface area contributed by atoms with Crippen LogP contribution in [0.1, 0.15) is 22.2 Å². The molecule has 0 aliphatic rings. The molecule has 1 unspecified atom stereocenters. The number of ether oxygens (including phenoxy) is 1. The van der Waals surface area contributed by atoms with E-state index in [9.17, 15) is 9.59 Å². The highest BCUT2D eigenvalue weighted by molar-refractivity contribution is 7.21. The van der Waals surface area contributed by atoms with E-state index in [0.717, 1.165) is 15.6 Å². The van der Waals surface area contributed by atoms with Crippen LogP contribution in [0.3, 0.4) is 0 Å². The second kappa shape index (κ2) is 7.76. The Bertz CT molecular complexity index is 970. The van der Waals surface area contributed by atoms with E-state index in [1.807, 2.05) is 49.4 Å². The minimum absolute atomic E-state index is 0.348. The molecule has 7 heteroatoms. The number of fused-ring (bicyclic) bond motifs is 1. The number of halogens is 1. The number of nitrogens with one attached hydrogen (secondary N) is 2. The molecule has 0 saturated carbocycles. The lowest BCUT2D eigenvalue weighted by Gasteiger charge is -2.15. The van der Waals surface area contributed by atoms with Crippen molar-refractivity contribution in [1.29, 1.82) is 0 Å². The molecule has 1 aromatic heterocycles. The van der Waals surface area contributed by atoms with Gasteiger partial charge in [-0.3, -0.25) is 20.4 Å². The van der Waals surface area contributed by atoms with Crippen molar-refractivity contribution in [2.24, 2.45) is 0 Å². The summed E-state index contributed by atoms with van der Waals surface area (Å²) in [5.74, 6) is -0.337. The number of carbonyl (C=O) groups excluding carboxylic acids is 2. The number of aryl methyl sites for hydroxylation is 1. The molecule has 26 heavy (non-hydrogen) atoms. The quantitative estimate of drug-likeness (QED) is 0.661. The van der Waals surface area contributed by atoms with Crippen LogP contribution in [0.15, 0.2) is 48.5 Å². The second-order valence-electron chi connectivity index (χ2n) is 5.76. The zero-order chi connectivity index (χ0) is 18.7. The first-order valence-corrected chi connectivity index (χ1v) is 9.15. The minimum Gasteiger partial charge on any atom is -0.481 e. The van der Waals surface area contributed by atoms with Crippen LogP contribution in [0, 0.1) is 6.92 Å². The van der Waals surface area contributed by atoms with E-state index >= 15 is 0 Å². The van der Waals surface area contributed by atoms with Gasteiger partial charge in [0.1, 0.15) is 10.6 Å². The summed E-state index contributed by atoms with van der Waals surface area (Å²) in [6.07, 6.45) is -0.769. The molecule has 1 atom stereocenters. The fourth-order valence-corrected chi connectivity index (χ4v) is 3.80. The van der Waals surface area contributed by atoms with E-state index in [1.54, 1.807) is 13.0 Å². The molecule has 3 aromatic rings. The fraction of sp³-hybridized carbons (Fsp3) is 0.158. The normalized spacial score (nSPS) is 11.8. The van der Waals surface area contributed by atoms with Gasteiger partial charge in [-0.15, -0.1) is 11.3 Å². The Morgan fingerprint density at radius 1 is 1.12 bits per heavy atom. The number of hydrogen-bond acceptors (Lipinski definition) is 4. The second-order valence-corrected chi connectivity index (χ2v) is 7.19. The van der Waals surface area contributed by atoms with E-state index in [2.05, 4.69) is 10.9 Å². The SMILES string of the molecule is Cc1cccc(OC(C)C(=O)NNC(=O)c2sc3ccccc3c2Cl)c1. The van der Waals surface area contributed by atoms with Gasteiger partial charge in [0.15, 0.2) is 6.10 Å². The smallest absolute Gasteiger partial charge is 0.281 e. The summed E-state index contributed by atoms with van der Waals surface area (Å²) in [5.41, 5.74) is 5.79. The molecule has 3 rings (SSSR count). The molecule has 0 bridgehead atoms. The first-order chi connectivity index (χ1) is 12.5. The first kappa shape index (κ1) is 18.2. The van der Waals surface area contributed by atoms with Gasteiger partial charge in [0.05, 0.1) is 5.02 Å². The van der Waals surface area contributed by atoms with Crippen molar-refractivity contribution < 1.29 is 14.3 Å². The van der Waals surface area contributed by atoms with Gasteiger partial charge in [0, 0.05) is 10.1 Å². The third kappa shape index (κ3) is 3.98. The van der Waals surface area contributed by atoms with Crippen LogP contribution in [0.25, 0.3) is 10.1 Å². The maximum absolute atomic E-state index is 12.3. The van der Waals surface area contributed by atoms with Crippen LogP contribution in [-0.4, -0.2) is 17.9 Å². The molecule has 0 radical (unpaired) electrons. The third-order valence-corrected chi connectivity index (χ3v) is 5.39. The topological polar surface area (TPSA) is 67.4 Å². The molecule has 5 nitrogen and oxygen atoms in total. The van der Waals surface area contributed by atoms with Gasteiger partial charge in [-0.05, 0) is 37.6 Å². The Labute approximate surface area is 159 Å². The molecule has 2 aromatic carbocycles. The van der Waals surface area contributed by atoms with Gasteiger partial charge in [0.25, 0.3) is 11.8 Å². The standard InChI is InChI=1S/C19H17ClN2O3S/c1-11-6-5-7-13(10-11)25-12(2)18(23)21-22-19(24)17-16(20)14-8-3-4-9-15(14)26-17/h3-10,12H,1-2H3,(H,21,23)(H,22,24). The van der Waals surface area contributed by atoms with E-state index in [0.29, 0.717) is 15.6 Å². The first-order valence-electron chi connectivity index (χ1n) is 7.96. The summed E-state index contributed by atoms with van der Waals surface area (Å²) in [7, 11) is 0. The Kier molecular flexibility index (Phi) is 5.44. The van der Waals surface area contributed by atoms with E-state index in [1.165, 1.54) is 11.3 Å². The third-order valence-electron chi connectivity index (χ3n) is 3.71. The molecule has 134 valence electrons. The maximum Gasteiger partial charge on any atom is 0.281 e. The zero-order valence-electron chi connectivity index (χ0n) is 14.2. The molecule has 1 heterocycles. The van der Waals surface area contributed by atoms with Crippen molar-refractivity contribution in [3.8, 4) is 5.75 Å². The van der Waals surface area contributed by atoms with Crippen molar-refractivity contribution in [1.82, 2.24) is 10.9 Å². The van der Waals surface area contributed by atoms with Crippen molar-refractivity contribution in [3.05, 3.63) is 64.0 Å². The Balaban J connectivity index is 1.61. The van der Waals surface area contributed by atoms with Gasteiger partial charge >= 0.3 is 0 Å². The number of carbonyl (C=O) groups is 2. The lowest BCUT2D eigenvalue weighted by atomic mass is 10.2. The number of rotatable bonds is 4. The van der Waals surface area contributed by atoms with Crippen molar-refractivity contribution in [2.45, 2.75) is 20.0 Å². The molecule has 0 aliphatic heterocycles. The average Bonchev–Trinajstić information content (AvgIpc) is 2.96. The Morgan fingerprint density at radius 3 is 2.62 bits per heavy atom. The molecule has 0 fully saturated rings. The highest BCUT2D eigenvalue weighted by Crippen LogP contribution is 2.34. The average molecular weight is 389 g/mol. The molecule has 0 spiro atoms. The van der Waals surface area contributed by atoms with Crippen LogP contribution >= 0.6 is 22.9 Å². The van der Waals surface area contributed by atoms with Crippen molar-refractivity contribution in [3.63, 3.8) is 0 Å².